The molecule has 1 aliphatic rings. The first-order chi connectivity index (χ1) is 14.1. The number of aliphatic imine (C=N–C) groups is 1. The largest absolute Gasteiger partial charge is 0.490 e. The van der Waals surface area contributed by atoms with E-state index in [0.29, 0.717) is 37.4 Å². The van der Waals surface area contributed by atoms with Gasteiger partial charge in [-0.25, -0.2) is 0 Å². The lowest BCUT2D eigenvalue weighted by atomic mass is 10.1. The fraction of sp³-hybridized carbons (Fsp3) is 0.650. The number of alkyl halides is 2. The van der Waals surface area contributed by atoms with Gasteiger partial charge in [0.05, 0.1) is 19.8 Å². The van der Waals surface area contributed by atoms with Crippen LogP contribution in [0.4, 0.5) is 8.78 Å². The highest BCUT2D eigenvalue weighted by Crippen LogP contribution is 2.29. The predicted molar refractivity (Wildman–Crippen MR) is 107 cm³/mol. The first-order valence-corrected chi connectivity index (χ1v) is 9.93. The van der Waals surface area contributed by atoms with Gasteiger partial charge in [0.2, 0.25) is 0 Å². The molecule has 0 aliphatic carbocycles. The summed E-state index contributed by atoms with van der Waals surface area (Å²) >= 11 is 0. The predicted octanol–water partition coefficient (Wildman–Crippen LogP) is 2.79. The van der Waals surface area contributed by atoms with E-state index in [1.807, 2.05) is 0 Å². The van der Waals surface area contributed by atoms with Crippen molar-refractivity contribution in [2.75, 3.05) is 46.6 Å². The Bertz CT molecular complexity index is 626. The van der Waals surface area contributed by atoms with Crippen molar-refractivity contribution in [1.29, 1.82) is 0 Å². The van der Waals surface area contributed by atoms with Crippen LogP contribution in [0.3, 0.4) is 0 Å². The summed E-state index contributed by atoms with van der Waals surface area (Å²) in [5, 5.41) is 6.41. The maximum Gasteiger partial charge on any atom is 0.387 e. The van der Waals surface area contributed by atoms with Crippen molar-refractivity contribution in [3.63, 3.8) is 0 Å². The van der Waals surface area contributed by atoms with Crippen molar-refractivity contribution in [2.45, 2.75) is 32.9 Å². The van der Waals surface area contributed by atoms with E-state index in [2.05, 4.69) is 20.4 Å². The number of hydrogen-bond donors (Lipinski definition) is 2. The molecule has 1 saturated heterocycles. The third-order valence-electron chi connectivity index (χ3n) is 4.34. The molecule has 1 unspecified atom stereocenters. The number of nitrogens with one attached hydrogen (secondary N) is 2. The topological polar surface area (TPSA) is 73.3 Å². The number of guanidine groups is 1. The molecule has 0 bridgehead atoms. The molecular formula is C20H31F2N3O4. The molecular weight excluding hydrogens is 384 g/mol. The first kappa shape index (κ1) is 23.2. The average molecular weight is 415 g/mol. The Kier molecular flexibility index (Phi) is 10.5. The maximum atomic E-state index is 12.5. The lowest BCUT2D eigenvalue weighted by Crippen LogP contribution is -2.37. The van der Waals surface area contributed by atoms with Crippen LogP contribution in [0.25, 0.3) is 0 Å². The highest BCUT2D eigenvalue weighted by Gasteiger charge is 2.15. The van der Waals surface area contributed by atoms with Crippen LogP contribution < -0.4 is 20.1 Å². The van der Waals surface area contributed by atoms with Gasteiger partial charge >= 0.3 is 6.61 Å². The van der Waals surface area contributed by atoms with Gasteiger partial charge in [0.25, 0.3) is 0 Å². The van der Waals surface area contributed by atoms with E-state index in [9.17, 15) is 8.78 Å². The lowest BCUT2D eigenvalue weighted by molar-refractivity contribution is -0.0514. The Hall–Kier alpha value is -2.13. The van der Waals surface area contributed by atoms with Crippen molar-refractivity contribution >= 4 is 5.96 Å². The molecule has 0 spiro atoms. The van der Waals surface area contributed by atoms with E-state index in [1.54, 1.807) is 26.1 Å². The van der Waals surface area contributed by atoms with Crippen molar-refractivity contribution in [3.8, 4) is 11.5 Å². The minimum Gasteiger partial charge on any atom is -0.490 e. The van der Waals surface area contributed by atoms with Crippen molar-refractivity contribution in [2.24, 2.45) is 10.9 Å². The van der Waals surface area contributed by atoms with Gasteiger partial charge in [0.1, 0.15) is 0 Å². The minimum absolute atomic E-state index is 0.0253. The molecule has 0 amide bonds. The van der Waals surface area contributed by atoms with Gasteiger partial charge in [-0.2, -0.15) is 8.78 Å². The molecule has 1 aromatic carbocycles. The molecule has 0 radical (unpaired) electrons. The fourth-order valence-corrected chi connectivity index (χ4v) is 2.88. The zero-order valence-corrected chi connectivity index (χ0v) is 17.1. The number of rotatable bonds is 12. The van der Waals surface area contributed by atoms with Gasteiger partial charge in [-0.15, -0.1) is 0 Å². The zero-order valence-electron chi connectivity index (χ0n) is 17.1. The summed E-state index contributed by atoms with van der Waals surface area (Å²) in [5.74, 6) is 1.49. The van der Waals surface area contributed by atoms with Crippen LogP contribution in [0.5, 0.6) is 11.5 Å². The lowest BCUT2D eigenvalue weighted by Gasteiger charge is -2.15. The molecule has 1 heterocycles. The summed E-state index contributed by atoms with van der Waals surface area (Å²) in [6.07, 6.45) is 1.94. The van der Waals surface area contributed by atoms with E-state index < -0.39 is 6.61 Å². The van der Waals surface area contributed by atoms with Gasteiger partial charge in [-0.1, -0.05) is 6.07 Å². The van der Waals surface area contributed by atoms with E-state index in [4.69, 9.17) is 14.2 Å². The molecule has 1 atom stereocenters. The Morgan fingerprint density at radius 1 is 1.31 bits per heavy atom. The number of benzene rings is 1. The van der Waals surface area contributed by atoms with E-state index in [0.717, 1.165) is 44.8 Å². The number of nitrogens with zero attached hydrogens (tertiary/aromatic N) is 1. The van der Waals surface area contributed by atoms with Gasteiger partial charge in [-0.05, 0) is 37.5 Å². The molecule has 29 heavy (non-hydrogen) atoms. The molecule has 1 fully saturated rings. The van der Waals surface area contributed by atoms with Gasteiger partial charge in [0.15, 0.2) is 17.5 Å². The van der Waals surface area contributed by atoms with Crippen LogP contribution in [0.2, 0.25) is 0 Å². The highest BCUT2D eigenvalue weighted by molar-refractivity contribution is 5.79. The second kappa shape index (κ2) is 13.2. The van der Waals surface area contributed by atoms with Gasteiger partial charge in [0, 0.05) is 39.3 Å². The van der Waals surface area contributed by atoms with Gasteiger partial charge < -0.3 is 29.6 Å². The van der Waals surface area contributed by atoms with Crippen LogP contribution in [0.15, 0.2) is 23.2 Å². The van der Waals surface area contributed by atoms with Crippen molar-refractivity contribution in [3.05, 3.63) is 23.8 Å². The molecule has 164 valence electrons. The summed E-state index contributed by atoms with van der Waals surface area (Å²) < 4.78 is 45.9. The molecule has 1 aliphatic heterocycles. The number of ether oxygens (including phenoxy) is 4. The monoisotopic (exact) mass is 415 g/mol. The van der Waals surface area contributed by atoms with E-state index in [1.165, 1.54) is 6.07 Å². The Morgan fingerprint density at radius 3 is 2.86 bits per heavy atom. The summed E-state index contributed by atoms with van der Waals surface area (Å²) in [6.45, 7) is 3.52. The molecule has 2 N–H and O–H groups in total. The summed E-state index contributed by atoms with van der Waals surface area (Å²) in [7, 11) is 1.69. The quantitative estimate of drug-likeness (QED) is 0.311. The first-order valence-electron chi connectivity index (χ1n) is 9.93. The Balaban J connectivity index is 1.70. The SMILES string of the molecule is CCOc1cc(CNC(=NC)NCCCOCC2CCOC2)ccc1OC(F)F. The van der Waals surface area contributed by atoms with Gasteiger partial charge in [-0.3, -0.25) is 4.99 Å². The summed E-state index contributed by atoms with van der Waals surface area (Å²) in [6, 6.07) is 4.88. The third-order valence-corrected chi connectivity index (χ3v) is 4.34. The van der Waals surface area contributed by atoms with Crippen LogP contribution in [-0.2, 0) is 16.0 Å². The second-order valence-corrected chi connectivity index (χ2v) is 6.60. The fourth-order valence-electron chi connectivity index (χ4n) is 2.88. The molecule has 2 rings (SSSR count). The normalized spacial score (nSPS) is 16.9. The standard InChI is InChI=1S/C20H31F2N3O4/c1-3-28-18-11-15(5-6-17(18)29-19(21)22)12-25-20(23-2)24-8-4-9-26-13-16-7-10-27-14-16/h5-6,11,16,19H,3-4,7-10,12-14H2,1-2H3,(H2,23,24,25). The van der Waals surface area contributed by atoms with Crippen LogP contribution >= 0.6 is 0 Å². The molecule has 1 aromatic rings. The molecule has 9 heteroatoms. The van der Waals surface area contributed by atoms with Crippen LogP contribution in [0.1, 0.15) is 25.3 Å². The van der Waals surface area contributed by atoms with E-state index in [-0.39, 0.29) is 5.75 Å². The number of hydrogen-bond acceptors (Lipinski definition) is 5. The minimum atomic E-state index is -2.89. The van der Waals surface area contributed by atoms with E-state index >= 15 is 0 Å². The van der Waals surface area contributed by atoms with Crippen LogP contribution in [-0.4, -0.2) is 59.2 Å². The third kappa shape index (κ3) is 8.82. The number of halogens is 2. The maximum absolute atomic E-state index is 12.5. The summed E-state index contributed by atoms with van der Waals surface area (Å²) in [5.41, 5.74) is 0.861. The Morgan fingerprint density at radius 2 is 2.17 bits per heavy atom. The van der Waals surface area contributed by atoms with Crippen LogP contribution in [0, 0.1) is 5.92 Å². The van der Waals surface area contributed by atoms with Crippen molar-refractivity contribution < 1.29 is 27.7 Å². The summed E-state index contributed by atoms with van der Waals surface area (Å²) in [4.78, 5) is 4.18. The Labute approximate surface area is 170 Å². The van der Waals surface area contributed by atoms with Crippen molar-refractivity contribution in [1.82, 2.24) is 10.6 Å². The molecule has 0 aromatic heterocycles. The zero-order chi connectivity index (χ0) is 20.9. The molecule has 0 saturated carbocycles. The molecule has 7 nitrogen and oxygen atoms in total. The second-order valence-electron chi connectivity index (χ2n) is 6.60. The highest BCUT2D eigenvalue weighted by atomic mass is 19.3. The smallest absolute Gasteiger partial charge is 0.387 e. The average Bonchev–Trinajstić information content (AvgIpc) is 3.22.